The Balaban J connectivity index is 1.45. The average molecular weight is 617 g/mol. The van der Waals surface area contributed by atoms with Crippen molar-refractivity contribution in [1.29, 1.82) is 0 Å². The molecule has 0 saturated carbocycles. The predicted molar refractivity (Wildman–Crippen MR) is 150 cm³/mol. The van der Waals surface area contributed by atoms with Gasteiger partial charge in [0.15, 0.2) is 11.5 Å². The zero-order valence-corrected chi connectivity index (χ0v) is 24.1. The number of pyridine rings is 1. The molecule has 0 spiro atoms. The van der Waals surface area contributed by atoms with Gasteiger partial charge >= 0.3 is 6.18 Å². The Morgan fingerprint density at radius 3 is 2.19 bits per heavy atom. The van der Waals surface area contributed by atoms with Gasteiger partial charge < -0.3 is 14.9 Å². The molecule has 2 N–H and O–H groups in total. The number of aromatic nitrogens is 3. The Morgan fingerprint density at radius 1 is 0.930 bits per heavy atom. The number of hydrogen-bond acceptors (Lipinski definition) is 9. The van der Waals surface area contributed by atoms with E-state index in [9.17, 15) is 36.3 Å². The second kappa shape index (κ2) is 11.9. The number of carbonyl (C=O) groups excluding carboxylic acids is 2. The molecule has 0 atom stereocenters. The first-order valence-corrected chi connectivity index (χ1v) is 14.3. The van der Waals surface area contributed by atoms with Crippen LogP contribution in [0.4, 0.5) is 19.0 Å². The molecule has 2 aromatic heterocycles. The maximum Gasteiger partial charge on any atom is 0.416 e. The molecule has 3 aromatic rings. The summed E-state index contributed by atoms with van der Waals surface area (Å²) in [6.45, 7) is 5.22. The smallest absolute Gasteiger partial charge is 0.416 e. The number of nitrogens with zero attached hydrogens (tertiary/aromatic N) is 5. The Bertz CT molecular complexity index is 1700. The van der Waals surface area contributed by atoms with E-state index in [0.29, 0.717) is 5.82 Å². The van der Waals surface area contributed by atoms with Crippen molar-refractivity contribution >= 4 is 27.7 Å². The number of benzene rings is 1. The van der Waals surface area contributed by atoms with Gasteiger partial charge in [-0.05, 0) is 57.2 Å². The van der Waals surface area contributed by atoms with Crippen LogP contribution in [0.2, 0.25) is 0 Å². The summed E-state index contributed by atoms with van der Waals surface area (Å²) in [5.41, 5.74) is -1.15. The fourth-order valence-electron chi connectivity index (χ4n) is 3.89. The lowest BCUT2D eigenvalue weighted by Gasteiger charge is -2.35. The van der Waals surface area contributed by atoms with Crippen LogP contribution in [-0.2, 0) is 16.2 Å². The number of halogens is 3. The molecule has 2 amide bonds. The number of nitrogens with one attached hydrogen (secondary N) is 1. The van der Waals surface area contributed by atoms with Crippen LogP contribution < -0.4 is 9.62 Å². The van der Waals surface area contributed by atoms with Crippen molar-refractivity contribution in [3.8, 4) is 17.6 Å². The minimum absolute atomic E-state index is 0.0325. The summed E-state index contributed by atoms with van der Waals surface area (Å²) in [5, 5.41) is 17.4. The second-order valence-corrected chi connectivity index (χ2v) is 13.0. The first-order chi connectivity index (χ1) is 20.0. The molecule has 4 rings (SSSR count). The molecule has 1 aliphatic heterocycles. The van der Waals surface area contributed by atoms with Gasteiger partial charge in [0.1, 0.15) is 5.75 Å². The number of anilines is 1. The summed E-state index contributed by atoms with van der Waals surface area (Å²) in [7, 11) is -3.94. The van der Waals surface area contributed by atoms with Crippen LogP contribution in [0.5, 0.6) is 5.75 Å². The molecule has 226 valence electrons. The average Bonchev–Trinajstić information content (AvgIpc) is 2.94. The van der Waals surface area contributed by atoms with Gasteiger partial charge in [0.25, 0.3) is 11.8 Å². The fourth-order valence-corrected chi connectivity index (χ4v) is 4.55. The van der Waals surface area contributed by atoms with Gasteiger partial charge in [0, 0.05) is 49.1 Å². The van der Waals surface area contributed by atoms with Crippen molar-refractivity contribution in [2.75, 3.05) is 31.1 Å². The highest BCUT2D eigenvalue weighted by Gasteiger charge is 2.33. The van der Waals surface area contributed by atoms with E-state index in [1.807, 2.05) is 4.72 Å². The van der Waals surface area contributed by atoms with E-state index in [4.69, 9.17) is 0 Å². The van der Waals surface area contributed by atoms with Gasteiger partial charge in [-0.3, -0.25) is 14.6 Å². The van der Waals surface area contributed by atoms with Crippen LogP contribution in [0.25, 0.3) is 0 Å². The minimum atomic E-state index is -4.71. The molecule has 1 fully saturated rings. The normalized spacial score (nSPS) is 14.1. The summed E-state index contributed by atoms with van der Waals surface area (Å²) >= 11 is 0. The maximum absolute atomic E-state index is 13.6. The predicted octanol–water partition coefficient (Wildman–Crippen LogP) is 2.82. The largest absolute Gasteiger partial charge is 0.506 e. The van der Waals surface area contributed by atoms with Gasteiger partial charge in [0.2, 0.25) is 10.0 Å². The van der Waals surface area contributed by atoms with Crippen molar-refractivity contribution < 1.29 is 36.3 Å². The Morgan fingerprint density at radius 2 is 1.60 bits per heavy atom. The number of piperazine rings is 1. The van der Waals surface area contributed by atoms with Crippen LogP contribution >= 0.6 is 0 Å². The SMILES string of the molecule is CC(C)(C)S(=O)(=O)NC(=O)c1ccc(N2CCN(C(=O)c3cc(C#Cc4cncc(O)c4)cc(C(F)(F)F)c3)CC2)nn1. The van der Waals surface area contributed by atoms with Gasteiger partial charge in [0.05, 0.1) is 16.5 Å². The van der Waals surface area contributed by atoms with Gasteiger partial charge in [-0.15, -0.1) is 10.2 Å². The molecule has 1 aliphatic rings. The monoisotopic (exact) mass is 616 g/mol. The summed E-state index contributed by atoms with van der Waals surface area (Å²) in [6.07, 6.45) is -2.18. The molecule has 3 heterocycles. The molecule has 1 aromatic carbocycles. The lowest BCUT2D eigenvalue weighted by atomic mass is 10.0. The molecule has 0 radical (unpaired) electrons. The van der Waals surface area contributed by atoms with Crippen LogP contribution in [0, 0.1) is 11.8 Å². The van der Waals surface area contributed by atoms with Gasteiger partial charge in [-0.25, -0.2) is 13.1 Å². The number of alkyl halides is 3. The molecule has 1 saturated heterocycles. The third-order valence-corrected chi connectivity index (χ3v) is 8.46. The van der Waals surface area contributed by atoms with Crippen molar-refractivity contribution in [3.05, 3.63) is 76.7 Å². The first-order valence-electron chi connectivity index (χ1n) is 12.9. The van der Waals surface area contributed by atoms with Crippen LogP contribution in [0.1, 0.15) is 58.3 Å². The Kier molecular flexibility index (Phi) is 8.63. The molecular weight excluding hydrogens is 589 g/mol. The number of carbonyl (C=O) groups is 2. The van der Waals surface area contributed by atoms with Crippen LogP contribution in [-0.4, -0.2) is 76.3 Å². The first kappa shape index (κ1) is 31.2. The van der Waals surface area contributed by atoms with Crippen LogP contribution in [0.3, 0.4) is 0 Å². The summed E-state index contributed by atoms with van der Waals surface area (Å²) in [5.74, 6) is 3.94. The molecule has 43 heavy (non-hydrogen) atoms. The number of aromatic hydroxyl groups is 1. The van der Waals surface area contributed by atoms with Crippen molar-refractivity contribution in [2.45, 2.75) is 31.7 Å². The fraction of sp³-hybridized carbons (Fsp3) is 0.321. The van der Waals surface area contributed by atoms with Crippen molar-refractivity contribution in [2.24, 2.45) is 0 Å². The van der Waals surface area contributed by atoms with E-state index in [-0.39, 0.29) is 54.3 Å². The molecule has 0 bridgehead atoms. The Labute approximate surface area is 245 Å². The van der Waals surface area contributed by atoms with Gasteiger partial charge in [-0.1, -0.05) is 11.8 Å². The van der Waals surface area contributed by atoms with Crippen molar-refractivity contribution in [3.63, 3.8) is 0 Å². The standard InChI is InChI=1S/C28H27F3N6O5S/c1-27(2,3)43(41,42)35-25(39)23-6-7-24(34-33-23)36-8-10-37(11-9-36)26(40)20-12-18(13-21(15-20)28(29,30)31)4-5-19-14-22(38)17-32-16-19/h6-7,12-17,38H,8-11H2,1-3H3,(H,35,39). The molecule has 0 aliphatic carbocycles. The third-order valence-electron chi connectivity index (χ3n) is 6.39. The second-order valence-electron chi connectivity index (χ2n) is 10.6. The molecular formula is C28H27F3N6O5S. The number of sulfonamides is 1. The Hall–Kier alpha value is -4.71. The molecule has 15 heteroatoms. The van der Waals surface area contributed by atoms with E-state index in [0.717, 1.165) is 12.1 Å². The maximum atomic E-state index is 13.6. The highest BCUT2D eigenvalue weighted by Crippen LogP contribution is 2.31. The van der Waals surface area contributed by atoms with E-state index in [2.05, 4.69) is 27.0 Å². The zero-order valence-electron chi connectivity index (χ0n) is 23.3. The molecule has 11 nitrogen and oxygen atoms in total. The minimum Gasteiger partial charge on any atom is -0.506 e. The van der Waals surface area contributed by atoms with E-state index < -0.39 is 38.3 Å². The van der Waals surface area contributed by atoms with E-state index in [1.54, 1.807) is 4.90 Å². The van der Waals surface area contributed by atoms with Gasteiger partial charge in [-0.2, -0.15) is 13.2 Å². The number of hydrogen-bond donors (Lipinski definition) is 2. The third kappa shape index (κ3) is 7.58. The summed E-state index contributed by atoms with van der Waals surface area (Å²) < 4.78 is 66.1. The highest BCUT2D eigenvalue weighted by molar-refractivity contribution is 7.91. The lowest BCUT2D eigenvalue weighted by Crippen LogP contribution is -2.49. The lowest BCUT2D eigenvalue weighted by molar-refractivity contribution is -0.137. The van der Waals surface area contributed by atoms with Crippen molar-refractivity contribution in [1.82, 2.24) is 24.8 Å². The summed E-state index contributed by atoms with van der Waals surface area (Å²) in [4.78, 5) is 32.5. The quantitative estimate of drug-likeness (QED) is 0.423. The topological polar surface area (TPSA) is 146 Å². The van der Waals surface area contributed by atoms with Crippen LogP contribution in [0.15, 0.2) is 48.8 Å². The number of rotatable bonds is 4. The number of amides is 2. The van der Waals surface area contributed by atoms with E-state index in [1.165, 1.54) is 62.3 Å². The molecule has 0 unspecified atom stereocenters. The summed E-state index contributed by atoms with van der Waals surface area (Å²) in [6, 6.07) is 7.03. The van der Waals surface area contributed by atoms with E-state index >= 15 is 0 Å². The zero-order chi connectivity index (χ0) is 31.6. The highest BCUT2D eigenvalue weighted by atomic mass is 32.2.